The first kappa shape index (κ1) is 24.4. The number of nitrogens with one attached hydrogen (secondary N) is 1. The Morgan fingerprint density at radius 1 is 0.943 bits per heavy atom. The van der Waals surface area contributed by atoms with E-state index in [0.717, 1.165) is 28.1 Å². The Morgan fingerprint density at radius 2 is 1.74 bits per heavy atom. The lowest BCUT2D eigenvalue weighted by Gasteiger charge is -2.12. The van der Waals surface area contributed by atoms with Crippen molar-refractivity contribution in [2.75, 3.05) is 0 Å². The molecule has 0 bridgehead atoms. The molecule has 178 valence electrons. The van der Waals surface area contributed by atoms with Gasteiger partial charge >= 0.3 is 5.97 Å². The molecular formula is C28H26ClN3O3. The van der Waals surface area contributed by atoms with Crippen molar-refractivity contribution in [3.8, 4) is 11.3 Å². The SMILES string of the molecule is Cc1cccc(CNC(=O)c2ccc3nc(-c4ccc(Cl)cc4)c(CCCCC(=O)O)nc3c2)c1. The zero-order valence-corrected chi connectivity index (χ0v) is 20.2. The summed E-state index contributed by atoms with van der Waals surface area (Å²) in [6.45, 7) is 2.46. The highest BCUT2D eigenvalue weighted by molar-refractivity contribution is 6.30. The number of aromatic nitrogens is 2. The van der Waals surface area contributed by atoms with Gasteiger partial charge in [0.15, 0.2) is 0 Å². The molecule has 0 fully saturated rings. The second-order valence-electron chi connectivity index (χ2n) is 8.50. The fourth-order valence-electron chi connectivity index (χ4n) is 3.92. The molecule has 4 rings (SSSR count). The van der Waals surface area contributed by atoms with E-state index >= 15 is 0 Å². The first-order chi connectivity index (χ1) is 16.9. The summed E-state index contributed by atoms with van der Waals surface area (Å²) in [4.78, 5) is 33.4. The molecule has 0 aliphatic heterocycles. The molecule has 7 heteroatoms. The van der Waals surface area contributed by atoms with Gasteiger partial charge in [0, 0.05) is 29.1 Å². The lowest BCUT2D eigenvalue weighted by atomic mass is 10.0. The largest absolute Gasteiger partial charge is 0.481 e. The molecule has 6 nitrogen and oxygen atoms in total. The minimum Gasteiger partial charge on any atom is -0.481 e. The molecule has 3 aromatic carbocycles. The molecule has 1 heterocycles. The number of fused-ring (bicyclic) bond motifs is 1. The predicted molar refractivity (Wildman–Crippen MR) is 138 cm³/mol. The Kier molecular flexibility index (Phi) is 7.73. The van der Waals surface area contributed by atoms with Crippen molar-refractivity contribution < 1.29 is 14.7 Å². The topological polar surface area (TPSA) is 92.2 Å². The zero-order chi connectivity index (χ0) is 24.8. The molecule has 0 saturated heterocycles. The van der Waals surface area contributed by atoms with Gasteiger partial charge in [-0.2, -0.15) is 0 Å². The fourth-order valence-corrected chi connectivity index (χ4v) is 4.05. The number of halogens is 1. The van der Waals surface area contributed by atoms with Crippen molar-refractivity contribution in [2.45, 2.75) is 39.2 Å². The van der Waals surface area contributed by atoms with Crippen LogP contribution in [0.25, 0.3) is 22.3 Å². The van der Waals surface area contributed by atoms with Crippen LogP contribution < -0.4 is 5.32 Å². The van der Waals surface area contributed by atoms with Crippen molar-refractivity contribution in [3.05, 3.63) is 94.1 Å². The van der Waals surface area contributed by atoms with E-state index in [1.54, 1.807) is 30.3 Å². The molecule has 0 aliphatic rings. The number of carboxylic acid groups (broad SMARTS) is 1. The third-order valence-electron chi connectivity index (χ3n) is 5.71. The van der Waals surface area contributed by atoms with Gasteiger partial charge in [0.05, 0.1) is 22.4 Å². The number of unbranched alkanes of at least 4 members (excludes halogenated alkanes) is 1. The van der Waals surface area contributed by atoms with E-state index in [2.05, 4.69) is 5.32 Å². The molecule has 0 aliphatic carbocycles. The molecule has 35 heavy (non-hydrogen) atoms. The van der Waals surface area contributed by atoms with Gasteiger partial charge in [0.25, 0.3) is 5.91 Å². The number of amides is 1. The van der Waals surface area contributed by atoms with E-state index in [9.17, 15) is 9.59 Å². The second kappa shape index (κ2) is 11.1. The number of benzene rings is 3. The minimum atomic E-state index is -0.811. The Morgan fingerprint density at radius 3 is 2.49 bits per heavy atom. The molecule has 0 unspecified atom stereocenters. The van der Waals surface area contributed by atoms with Crippen LogP contribution in [0.5, 0.6) is 0 Å². The highest BCUT2D eigenvalue weighted by Gasteiger charge is 2.14. The molecular weight excluding hydrogens is 462 g/mol. The molecule has 1 aromatic heterocycles. The maximum atomic E-state index is 12.8. The van der Waals surface area contributed by atoms with E-state index in [0.29, 0.717) is 47.4 Å². The van der Waals surface area contributed by atoms with Crippen molar-refractivity contribution in [1.29, 1.82) is 0 Å². The maximum absolute atomic E-state index is 12.8. The van der Waals surface area contributed by atoms with Gasteiger partial charge in [-0.15, -0.1) is 0 Å². The van der Waals surface area contributed by atoms with Crippen LogP contribution in [0.4, 0.5) is 0 Å². The summed E-state index contributed by atoms with van der Waals surface area (Å²) in [6.07, 6.45) is 1.92. The zero-order valence-electron chi connectivity index (χ0n) is 19.4. The normalized spacial score (nSPS) is 10.9. The molecule has 0 radical (unpaired) electrons. The van der Waals surface area contributed by atoms with Gasteiger partial charge in [0.2, 0.25) is 0 Å². The predicted octanol–water partition coefficient (Wildman–Crippen LogP) is 5.99. The third kappa shape index (κ3) is 6.43. The fraction of sp³-hybridized carbons (Fsp3) is 0.214. The summed E-state index contributed by atoms with van der Waals surface area (Å²) in [5, 5.41) is 12.5. The number of hydrogen-bond donors (Lipinski definition) is 2. The summed E-state index contributed by atoms with van der Waals surface area (Å²) < 4.78 is 0. The number of aryl methyl sites for hydroxylation is 2. The average Bonchev–Trinajstić information content (AvgIpc) is 2.85. The maximum Gasteiger partial charge on any atom is 0.303 e. The van der Waals surface area contributed by atoms with Gasteiger partial charge in [0.1, 0.15) is 0 Å². The van der Waals surface area contributed by atoms with Crippen LogP contribution in [0.3, 0.4) is 0 Å². The van der Waals surface area contributed by atoms with E-state index in [-0.39, 0.29) is 12.3 Å². The average molecular weight is 488 g/mol. The minimum absolute atomic E-state index is 0.114. The number of hydrogen-bond acceptors (Lipinski definition) is 4. The van der Waals surface area contributed by atoms with Crippen molar-refractivity contribution in [1.82, 2.24) is 15.3 Å². The Hall–Kier alpha value is -3.77. The standard InChI is InChI=1S/C28H26ClN3O3/c1-18-5-4-6-19(15-18)17-30-28(35)21-11-14-23-25(16-21)31-24(7-2-3-8-26(33)34)27(32-23)20-9-12-22(29)13-10-20/h4-6,9-16H,2-3,7-8,17H2,1H3,(H,30,35)(H,33,34). The number of nitrogens with zero attached hydrogens (tertiary/aromatic N) is 2. The number of rotatable bonds is 9. The van der Waals surface area contributed by atoms with Crippen LogP contribution in [0.1, 0.15) is 46.4 Å². The first-order valence-electron chi connectivity index (χ1n) is 11.5. The van der Waals surface area contributed by atoms with Crippen LogP contribution in [-0.4, -0.2) is 27.0 Å². The summed E-state index contributed by atoms with van der Waals surface area (Å²) in [7, 11) is 0. The Balaban J connectivity index is 1.60. The third-order valence-corrected chi connectivity index (χ3v) is 5.96. The molecule has 0 spiro atoms. The van der Waals surface area contributed by atoms with E-state index < -0.39 is 5.97 Å². The van der Waals surface area contributed by atoms with Crippen molar-refractivity contribution in [2.24, 2.45) is 0 Å². The number of carbonyl (C=O) groups is 2. The number of carbonyl (C=O) groups excluding carboxylic acids is 1. The highest BCUT2D eigenvalue weighted by atomic mass is 35.5. The quantitative estimate of drug-likeness (QED) is 0.283. The molecule has 1 amide bonds. The van der Waals surface area contributed by atoms with E-state index in [1.165, 1.54) is 0 Å². The van der Waals surface area contributed by atoms with Gasteiger partial charge in [-0.25, -0.2) is 9.97 Å². The van der Waals surface area contributed by atoms with Crippen molar-refractivity contribution in [3.63, 3.8) is 0 Å². The number of aliphatic carboxylic acids is 1. The summed E-state index contributed by atoms with van der Waals surface area (Å²) in [5.74, 6) is -0.992. The highest BCUT2D eigenvalue weighted by Crippen LogP contribution is 2.26. The van der Waals surface area contributed by atoms with Gasteiger partial charge in [-0.05, 0) is 62.1 Å². The summed E-state index contributed by atoms with van der Waals surface area (Å²) >= 11 is 6.06. The van der Waals surface area contributed by atoms with Crippen LogP contribution in [0, 0.1) is 6.92 Å². The first-order valence-corrected chi connectivity index (χ1v) is 11.9. The smallest absolute Gasteiger partial charge is 0.303 e. The van der Waals surface area contributed by atoms with Crippen LogP contribution in [0.15, 0.2) is 66.7 Å². The Bertz CT molecular complexity index is 1370. The van der Waals surface area contributed by atoms with Crippen LogP contribution >= 0.6 is 11.6 Å². The van der Waals surface area contributed by atoms with Crippen LogP contribution in [0.2, 0.25) is 5.02 Å². The monoisotopic (exact) mass is 487 g/mol. The van der Waals surface area contributed by atoms with Gasteiger partial charge < -0.3 is 10.4 Å². The van der Waals surface area contributed by atoms with Crippen molar-refractivity contribution >= 4 is 34.5 Å². The lowest BCUT2D eigenvalue weighted by molar-refractivity contribution is -0.137. The Labute approximate surface area is 209 Å². The lowest BCUT2D eigenvalue weighted by Crippen LogP contribution is -2.22. The summed E-state index contributed by atoms with van der Waals surface area (Å²) in [5.41, 5.74) is 6.38. The number of carboxylic acids is 1. The van der Waals surface area contributed by atoms with Crippen LogP contribution in [-0.2, 0) is 17.8 Å². The summed E-state index contributed by atoms with van der Waals surface area (Å²) in [6, 6.07) is 20.7. The van der Waals surface area contributed by atoms with Gasteiger partial charge in [-0.3, -0.25) is 9.59 Å². The van der Waals surface area contributed by atoms with E-state index in [4.69, 9.17) is 26.7 Å². The molecule has 4 aromatic rings. The molecule has 0 atom stereocenters. The molecule has 2 N–H and O–H groups in total. The molecule has 0 saturated carbocycles. The van der Waals surface area contributed by atoms with Gasteiger partial charge in [-0.1, -0.05) is 53.6 Å². The second-order valence-corrected chi connectivity index (χ2v) is 8.94. The van der Waals surface area contributed by atoms with E-state index in [1.807, 2.05) is 43.3 Å².